The SMILES string of the molecule is CSc1cccc2sc(N(Cc3cccnc3)C(=O)c3ccc(S(=O)(=O)N(CC(C)C)CC(C)C)cc3)nc12. The number of pyridine rings is 1. The van der Waals surface area contributed by atoms with Crippen molar-refractivity contribution in [3.05, 3.63) is 78.1 Å². The summed E-state index contributed by atoms with van der Waals surface area (Å²) >= 11 is 3.07. The molecule has 0 aliphatic rings. The van der Waals surface area contributed by atoms with E-state index in [4.69, 9.17) is 4.98 Å². The fourth-order valence-corrected chi connectivity index (χ4v) is 7.64. The summed E-state index contributed by atoms with van der Waals surface area (Å²) < 4.78 is 29.4. The summed E-state index contributed by atoms with van der Waals surface area (Å²) in [6, 6.07) is 16.0. The van der Waals surface area contributed by atoms with E-state index < -0.39 is 10.0 Å². The second kappa shape index (κ2) is 12.6. The minimum atomic E-state index is -3.69. The van der Waals surface area contributed by atoms with Gasteiger partial charge < -0.3 is 0 Å². The van der Waals surface area contributed by atoms with E-state index in [1.807, 2.05) is 64.3 Å². The third kappa shape index (κ3) is 6.87. The van der Waals surface area contributed by atoms with E-state index in [9.17, 15) is 13.2 Å². The van der Waals surface area contributed by atoms with Gasteiger partial charge in [-0.25, -0.2) is 13.4 Å². The quantitative estimate of drug-likeness (QED) is 0.186. The number of sulfonamides is 1. The standard InChI is InChI=1S/C29H34N4O3S3/c1-20(2)17-32(18-21(3)4)39(35,36)24-13-11-23(12-14-24)28(34)33(19-22-8-7-15-30-16-22)29-31-27-25(37-5)9-6-10-26(27)38-29/h6-16,20-21H,17-19H2,1-5H3. The molecule has 4 rings (SSSR count). The van der Waals surface area contributed by atoms with Gasteiger partial charge in [0.05, 0.1) is 21.7 Å². The molecule has 2 aromatic heterocycles. The topological polar surface area (TPSA) is 83.5 Å². The van der Waals surface area contributed by atoms with Gasteiger partial charge in [0.1, 0.15) is 0 Å². The number of fused-ring (bicyclic) bond motifs is 1. The molecule has 4 aromatic rings. The van der Waals surface area contributed by atoms with Crippen LogP contribution in [-0.4, -0.2) is 47.9 Å². The van der Waals surface area contributed by atoms with Crippen molar-refractivity contribution in [2.75, 3.05) is 24.2 Å². The number of carbonyl (C=O) groups is 1. The zero-order chi connectivity index (χ0) is 28.2. The third-order valence-corrected chi connectivity index (χ3v) is 9.67. The highest BCUT2D eigenvalue weighted by Gasteiger charge is 2.27. The number of aromatic nitrogens is 2. The summed E-state index contributed by atoms with van der Waals surface area (Å²) in [6.07, 6.45) is 5.43. The fraction of sp³-hybridized carbons (Fsp3) is 0.345. The summed E-state index contributed by atoms with van der Waals surface area (Å²) in [5.74, 6) is 0.135. The van der Waals surface area contributed by atoms with Gasteiger partial charge in [0.15, 0.2) is 5.13 Å². The van der Waals surface area contributed by atoms with E-state index in [2.05, 4.69) is 4.98 Å². The van der Waals surface area contributed by atoms with Crippen LogP contribution in [0.25, 0.3) is 10.2 Å². The molecule has 2 heterocycles. The molecule has 39 heavy (non-hydrogen) atoms. The first-order valence-corrected chi connectivity index (χ1v) is 16.3. The Kier molecular flexibility index (Phi) is 9.43. The van der Waals surface area contributed by atoms with Crippen LogP contribution in [-0.2, 0) is 16.6 Å². The number of nitrogens with zero attached hydrogens (tertiary/aromatic N) is 4. The van der Waals surface area contributed by atoms with Gasteiger partial charge in [-0.15, -0.1) is 11.8 Å². The van der Waals surface area contributed by atoms with Crippen LogP contribution < -0.4 is 4.90 Å². The molecule has 2 aromatic carbocycles. The van der Waals surface area contributed by atoms with E-state index in [0.29, 0.717) is 23.8 Å². The lowest BCUT2D eigenvalue weighted by molar-refractivity contribution is 0.0985. The molecule has 0 N–H and O–H groups in total. The molecule has 0 unspecified atom stereocenters. The molecule has 0 atom stereocenters. The van der Waals surface area contributed by atoms with Gasteiger partial charge in [-0.2, -0.15) is 4.31 Å². The molecular weight excluding hydrogens is 549 g/mol. The summed E-state index contributed by atoms with van der Waals surface area (Å²) in [5.41, 5.74) is 2.12. The molecule has 0 bridgehead atoms. The van der Waals surface area contributed by atoms with Gasteiger partial charge in [0.25, 0.3) is 5.91 Å². The van der Waals surface area contributed by atoms with Gasteiger partial charge in [-0.05, 0) is 66.1 Å². The second-order valence-corrected chi connectivity index (χ2v) is 14.0. The molecule has 0 fully saturated rings. The number of thiazole rings is 1. The first kappa shape index (κ1) is 29.2. The molecule has 1 amide bonds. The van der Waals surface area contributed by atoms with E-state index in [0.717, 1.165) is 20.7 Å². The summed E-state index contributed by atoms with van der Waals surface area (Å²) in [5, 5.41) is 0.581. The molecule has 0 saturated heterocycles. The van der Waals surface area contributed by atoms with Crippen molar-refractivity contribution in [1.82, 2.24) is 14.3 Å². The highest BCUT2D eigenvalue weighted by Crippen LogP contribution is 2.35. The maximum Gasteiger partial charge on any atom is 0.260 e. The third-order valence-electron chi connectivity index (χ3n) is 6.01. The highest BCUT2D eigenvalue weighted by molar-refractivity contribution is 7.98. The van der Waals surface area contributed by atoms with E-state index in [1.54, 1.807) is 41.2 Å². The predicted molar refractivity (Wildman–Crippen MR) is 161 cm³/mol. The van der Waals surface area contributed by atoms with Crippen LogP contribution in [0.3, 0.4) is 0 Å². The largest absolute Gasteiger partial charge is 0.279 e. The van der Waals surface area contributed by atoms with Gasteiger partial charge in [0, 0.05) is 35.9 Å². The van der Waals surface area contributed by atoms with Crippen LogP contribution in [0.15, 0.2) is 76.8 Å². The summed E-state index contributed by atoms with van der Waals surface area (Å²) in [7, 11) is -3.69. The number of amides is 1. The zero-order valence-corrected chi connectivity index (χ0v) is 25.3. The Hall–Kier alpha value is -2.79. The van der Waals surface area contributed by atoms with Gasteiger partial charge in [-0.3, -0.25) is 14.7 Å². The Balaban J connectivity index is 1.69. The van der Waals surface area contributed by atoms with Gasteiger partial charge in [-0.1, -0.05) is 51.2 Å². The lowest BCUT2D eigenvalue weighted by atomic mass is 10.2. The number of rotatable bonds is 11. The summed E-state index contributed by atoms with van der Waals surface area (Å²) in [4.78, 5) is 25.8. The smallest absolute Gasteiger partial charge is 0.260 e. The lowest BCUT2D eigenvalue weighted by Gasteiger charge is -2.26. The Morgan fingerprint density at radius 2 is 1.67 bits per heavy atom. The number of anilines is 1. The van der Waals surface area contributed by atoms with Crippen LogP contribution in [0.4, 0.5) is 5.13 Å². The van der Waals surface area contributed by atoms with E-state index in [1.165, 1.54) is 27.8 Å². The molecule has 0 radical (unpaired) electrons. The molecule has 0 spiro atoms. The Labute approximate surface area is 239 Å². The number of thioether (sulfide) groups is 1. The Morgan fingerprint density at radius 1 is 0.974 bits per heavy atom. The van der Waals surface area contributed by atoms with Crippen LogP contribution in [0.1, 0.15) is 43.6 Å². The molecule has 0 saturated carbocycles. The van der Waals surface area contributed by atoms with Crippen molar-refractivity contribution in [2.24, 2.45) is 11.8 Å². The first-order valence-electron chi connectivity index (χ1n) is 12.8. The highest BCUT2D eigenvalue weighted by atomic mass is 32.2. The number of hydrogen-bond acceptors (Lipinski definition) is 7. The molecule has 7 nitrogen and oxygen atoms in total. The number of para-hydroxylation sites is 1. The van der Waals surface area contributed by atoms with Crippen molar-refractivity contribution in [3.63, 3.8) is 0 Å². The zero-order valence-electron chi connectivity index (χ0n) is 22.9. The van der Waals surface area contributed by atoms with Crippen LogP contribution in [0.5, 0.6) is 0 Å². The maximum absolute atomic E-state index is 13.9. The minimum absolute atomic E-state index is 0.184. The minimum Gasteiger partial charge on any atom is -0.279 e. The first-order chi connectivity index (χ1) is 18.6. The van der Waals surface area contributed by atoms with Crippen molar-refractivity contribution < 1.29 is 13.2 Å². The van der Waals surface area contributed by atoms with Gasteiger partial charge >= 0.3 is 0 Å². The van der Waals surface area contributed by atoms with Gasteiger partial charge in [0.2, 0.25) is 10.0 Å². The average Bonchev–Trinajstić information content (AvgIpc) is 3.35. The van der Waals surface area contributed by atoms with Crippen LogP contribution >= 0.6 is 23.1 Å². The Bertz CT molecular complexity index is 1510. The molecular formula is C29H34N4O3S3. The fourth-order valence-electron chi connectivity index (χ4n) is 4.25. The second-order valence-electron chi connectivity index (χ2n) is 10.2. The van der Waals surface area contributed by atoms with Crippen molar-refractivity contribution in [3.8, 4) is 0 Å². The van der Waals surface area contributed by atoms with Crippen molar-refractivity contribution in [1.29, 1.82) is 0 Å². The average molecular weight is 583 g/mol. The van der Waals surface area contributed by atoms with Crippen LogP contribution in [0.2, 0.25) is 0 Å². The molecule has 10 heteroatoms. The predicted octanol–water partition coefficient (Wildman–Crippen LogP) is 6.56. The Morgan fingerprint density at radius 3 is 2.26 bits per heavy atom. The van der Waals surface area contributed by atoms with E-state index >= 15 is 0 Å². The van der Waals surface area contributed by atoms with Crippen LogP contribution in [0, 0.1) is 11.8 Å². The van der Waals surface area contributed by atoms with Crippen molar-refractivity contribution >= 4 is 54.4 Å². The molecule has 0 aliphatic carbocycles. The monoisotopic (exact) mass is 582 g/mol. The van der Waals surface area contributed by atoms with Crippen molar-refractivity contribution in [2.45, 2.75) is 44.0 Å². The number of carbonyl (C=O) groups excluding carboxylic acids is 1. The number of hydrogen-bond donors (Lipinski definition) is 0. The maximum atomic E-state index is 13.9. The molecule has 206 valence electrons. The van der Waals surface area contributed by atoms with E-state index in [-0.39, 0.29) is 29.2 Å². The molecule has 0 aliphatic heterocycles. The summed E-state index contributed by atoms with van der Waals surface area (Å²) in [6.45, 7) is 9.19. The normalized spacial score (nSPS) is 12.1. The number of benzene rings is 2. The lowest BCUT2D eigenvalue weighted by Crippen LogP contribution is -2.37.